The molecular weight excluding hydrogens is 222 g/mol. The Bertz CT molecular complexity index is 459. The second-order valence-corrected chi connectivity index (χ2v) is 3.83. The molecule has 1 aromatic carbocycles. The molecule has 16 heavy (non-hydrogen) atoms. The van der Waals surface area contributed by atoms with Crippen molar-refractivity contribution in [2.75, 3.05) is 7.05 Å². The summed E-state index contributed by atoms with van der Waals surface area (Å²) < 4.78 is 0. The molecular formula is C12H12ClN3. The van der Waals surface area contributed by atoms with Crippen LogP contribution < -0.4 is 5.32 Å². The highest BCUT2D eigenvalue weighted by molar-refractivity contribution is 6.31. The lowest BCUT2D eigenvalue weighted by molar-refractivity contribution is 0.685. The zero-order valence-corrected chi connectivity index (χ0v) is 9.65. The Morgan fingerprint density at radius 1 is 1.19 bits per heavy atom. The Hall–Kier alpha value is -1.45. The molecule has 1 heterocycles. The maximum atomic E-state index is 6.17. The second-order valence-electron chi connectivity index (χ2n) is 3.42. The van der Waals surface area contributed by atoms with E-state index in [4.69, 9.17) is 11.6 Å². The van der Waals surface area contributed by atoms with Gasteiger partial charge in [-0.15, -0.1) is 0 Å². The lowest BCUT2D eigenvalue weighted by Crippen LogP contribution is -2.18. The minimum Gasteiger partial charge on any atom is -0.309 e. The van der Waals surface area contributed by atoms with Gasteiger partial charge in [0.05, 0.1) is 12.2 Å². The van der Waals surface area contributed by atoms with E-state index in [9.17, 15) is 0 Å². The highest BCUT2D eigenvalue weighted by atomic mass is 35.5. The second kappa shape index (κ2) is 5.05. The van der Waals surface area contributed by atoms with Gasteiger partial charge in [-0.2, -0.15) is 10.2 Å². The molecule has 0 fully saturated rings. The van der Waals surface area contributed by atoms with Gasteiger partial charge < -0.3 is 5.32 Å². The van der Waals surface area contributed by atoms with Gasteiger partial charge in [0, 0.05) is 11.2 Å². The van der Waals surface area contributed by atoms with Crippen molar-refractivity contribution < 1.29 is 0 Å². The third kappa shape index (κ3) is 2.21. The van der Waals surface area contributed by atoms with Crippen molar-refractivity contribution in [1.82, 2.24) is 15.5 Å². The van der Waals surface area contributed by atoms with Crippen molar-refractivity contribution in [2.24, 2.45) is 0 Å². The van der Waals surface area contributed by atoms with Crippen LogP contribution in [0.5, 0.6) is 0 Å². The van der Waals surface area contributed by atoms with Gasteiger partial charge in [0.25, 0.3) is 0 Å². The molecule has 0 bridgehead atoms. The Balaban J connectivity index is 2.41. The molecule has 2 aromatic rings. The molecule has 1 unspecified atom stereocenters. The predicted octanol–water partition coefficient (Wildman–Crippen LogP) is 2.44. The van der Waals surface area contributed by atoms with Crippen LogP contribution in [0.4, 0.5) is 0 Å². The molecule has 0 aliphatic heterocycles. The van der Waals surface area contributed by atoms with Crippen molar-refractivity contribution in [1.29, 1.82) is 0 Å². The normalized spacial score (nSPS) is 12.4. The van der Waals surface area contributed by atoms with Gasteiger partial charge in [-0.3, -0.25) is 0 Å². The molecule has 0 saturated carbocycles. The van der Waals surface area contributed by atoms with Crippen molar-refractivity contribution >= 4 is 11.6 Å². The van der Waals surface area contributed by atoms with Crippen LogP contribution in [-0.2, 0) is 0 Å². The summed E-state index contributed by atoms with van der Waals surface area (Å²) in [6, 6.07) is 9.75. The van der Waals surface area contributed by atoms with E-state index in [-0.39, 0.29) is 6.04 Å². The zero-order chi connectivity index (χ0) is 11.4. The number of hydrogen-bond donors (Lipinski definition) is 1. The van der Waals surface area contributed by atoms with E-state index in [2.05, 4.69) is 15.5 Å². The van der Waals surface area contributed by atoms with Crippen LogP contribution in [0.1, 0.15) is 17.2 Å². The van der Waals surface area contributed by atoms with Gasteiger partial charge >= 0.3 is 0 Å². The number of aromatic nitrogens is 2. The fourth-order valence-electron chi connectivity index (χ4n) is 1.68. The Morgan fingerprint density at radius 3 is 2.62 bits per heavy atom. The average Bonchev–Trinajstić information content (AvgIpc) is 2.34. The number of benzene rings is 1. The van der Waals surface area contributed by atoms with Gasteiger partial charge in [-0.05, 0) is 30.3 Å². The maximum Gasteiger partial charge on any atom is 0.0605 e. The van der Waals surface area contributed by atoms with Crippen LogP contribution in [0.15, 0.2) is 42.7 Å². The predicted molar refractivity (Wildman–Crippen MR) is 64.4 cm³/mol. The largest absolute Gasteiger partial charge is 0.309 e. The van der Waals surface area contributed by atoms with Crippen LogP contribution in [0.25, 0.3) is 0 Å². The van der Waals surface area contributed by atoms with E-state index in [0.717, 1.165) is 16.1 Å². The summed E-state index contributed by atoms with van der Waals surface area (Å²) in [6.07, 6.45) is 3.42. The first-order valence-corrected chi connectivity index (χ1v) is 5.39. The maximum absolute atomic E-state index is 6.17. The zero-order valence-electron chi connectivity index (χ0n) is 8.89. The van der Waals surface area contributed by atoms with Crippen LogP contribution in [0, 0.1) is 0 Å². The first-order valence-electron chi connectivity index (χ1n) is 5.01. The topological polar surface area (TPSA) is 37.8 Å². The number of nitrogens with zero attached hydrogens (tertiary/aromatic N) is 2. The lowest BCUT2D eigenvalue weighted by Gasteiger charge is -2.17. The molecule has 82 valence electrons. The summed E-state index contributed by atoms with van der Waals surface area (Å²) >= 11 is 6.17. The van der Waals surface area contributed by atoms with Crippen LogP contribution >= 0.6 is 11.6 Å². The monoisotopic (exact) mass is 233 g/mol. The summed E-state index contributed by atoms with van der Waals surface area (Å²) in [6.45, 7) is 0. The number of hydrogen-bond acceptors (Lipinski definition) is 3. The van der Waals surface area contributed by atoms with Gasteiger partial charge in [-0.1, -0.05) is 29.8 Å². The molecule has 0 amide bonds. The molecule has 0 radical (unpaired) electrons. The summed E-state index contributed by atoms with van der Waals surface area (Å²) in [5, 5.41) is 11.6. The van der Waals surface area contributed by atoms with E-state index >= 15 is 0 Å². The SMILES string of the molecule is CNC(c1ccnnc1)c1ccccc1Cl. The van der Waals surface area contributed by atoms with E-state index in [1.165, 1.54) is 0 Å². The summed E-state index contributed by atoms with van der Waals surface area (Å²) in [5.74, 6) is 0. The van der Waals surface area contributed by atoms with Gasteiger partial charge in [0.1, 0.15) is 0 Å². The fraction of sp³-hybridized carbons (Fsp3) is 0.167. The summed E-state index contributed by atoms with van der Waals surface area (Å²) in [7, 11) is 1.90. The Labute approximate surface area is 99.5 Å². The molecule has 0 aliphatic carbocycles. The minimum atomic E-state index is 0.0456. The molecule has 1 N–H and O–H groups in total. The summed E-state index contributed by atoms with van der Waals surface area (Å²) in [4.78, 5) is 0. The average molecular weight is 234 g/mol. The highest BCUT2D eigenvalue weighted by Crippen LogP contribution is 2.26. The van der Waals surface area contributed by atoms with Crippen molar-refractivity contribution in [3.8, 4) is 0 Å². The molecule has 0 saturated heterocycles. The molecule has 3 nitrogen and oxygen atoms in total. The van der Waals surface area contributed by atoms with Gasteiger partial charge in [0.15, 0.2) is 0 Å². The van der Waals surface area contributed by atoms with E-state index < -0.39 is 0 Å². The third-order valence-electron chi connectivity index (χ3n) is 2.45. The number of halogens is 1. The molecule has 2 rings (SSSR count). The first kappa shape index (κ1) is 11.0. The van der Waals surface area contributed by atoms with Crippen molar-refractivity contribution in [2.45, 2.75) is 6.04 Å². The molecule has 0 spiro atoms. The smallest absolute Gasteiger partial charge is 0.0605 e. The third-order valence-corrected chi connectivity index (χ3v) is 2.79. The number of nitrogens with one attached hydrogen (secondary N) is 1. The molecule has 4 heteroatoms. The van der Waals surface area contributed by atoms with Crippen molar-refractivity contribution in [3.05, 3.63) is 58.9 Å². The van der Waals surface area contributed by atoms with Gasteiger partial charge in [0.2, 0.25) is 0 Å². The lowest BCUT2D eigenvalue weighted by atomic mass is 10.0. The standard InChI is InChI=1S/C12H12ClN3/c1-14-12(9-6-7-15-16-8-9)10-4-2-3-5-11(10)13/h2-8,12,14H,1H3. The first-order chi connectivity index (χ1) is 7.83. The molecule has 1 aromatic heterocycles. The number of rotatable bonds is 3. The quantitative estimate of drug-likeness (QED) is 0.885. The molecule has 1 atom stereocenters. The van der Waals surface area contributed by atoms with Crippen LogP contribution in [-0.4, -0.2) is 17.2 Å². The Morgan fingerprint density at radius 2 is 2.00 bits per heavy atom. The minimum absolute atomic E-state index is 0.0456. The van der Waals surface area contributed by atoms with Crippen LogP contribution in [0.3, 0.4) is 0 Å². The Kier molecular flexibility index (Phi) is 3.49. The van der Waals surface area contributed by atoms with Crippen molar-refractivity contribution in [3.63, 3.8) is 0 Å². The van der Waals surface area contributed by atoms with Gasteiger partial charge in [-0.25, -0.2) is 0 Å². The van der Waals surface area contributed by atoms with E-state index in [1.807, 2.05) is 37.4 Å². The van der Waals surface area contributed by atoms with Crippen LogP contribution in [0.2, 0.25) is 5.02 Å². The van der Waals surface area contributed by atoms with E-state index in [0.29, 0.717) is 0 Å². The highest BCUT2D eigenvalue weighted by Gasteiger charge is 2.14. The summed E-state index contributed by atoms with van der Waals surface area (Å²) in [5.41, 5.74) is 2.09. The fourth-order valence-corrected chi connectivity index (χ4v) is 1.93. The van der Waals surface area contributed by atoms with E-state index in [1.54, 1.807) is 12.4 Å². The molecule has 0 aliphatic rings.